The van der Waals surface area contributed by atoms with E-state index in [1.54, 1.807) is 0 Å². The van der Waals surface area contributed by atoms with Gasteiger partial charge in [0.05, 0.1) is 0 Å². The molecule has 1 amide bonds. The zero-order valence-electron chi connectivity index (χ0n) is 11.5. The van der Waals surface area contributed by atoms with Crippen LogP contribution in [0.5, 0.6) is 0 Å². The fraction of sp³-hybridized carbons (Fsp3) is 0.923. The lowest BCUT2D eigenvalue weighted by Crippen LogP contribution is -2.43. The van der Waals surface area contributed by atoms with Gasteiger partial charge >= 0.3 is 6.09 Å². The summed E-state index contributed by atoms with van der Waals surface area (Å²) in [5, 5.41) is 2.92. The van der Waals surface area contributed by atoms with Gasteiger partial charge in [0.25, 0.3) is 0 Å². The van der Waals surface area contributed by atoms with Gasteiger partial charge in [-0.25, -0.2) is 4.79 Å². The van der Waals surface area contributed by atoms with E-state index in [1.807, 2.05) is 27.7 Å². The first-order chi connectivity index (χ1) is 7.78. The molecule has 0 radical (unpaired) electrons. The number of nitrogens with one attached hydrogen (secondary N) is 1. The van der Waals surface area contributed by atoms with E-state index in [9.17, 15) is 4.79 Å². The molecule has 1 saturated carbocycles. The number of alkyl carbamates (subject to hydrolysis) is 1. The first-order valence-electron chi connectivity index (χ1n) is 6.53. The maximum Gasteiger partial charge on any atom is 0.407 e. The normalized spacial score (nSPS) is 27.4. The summed E-state index contributed by atoms with van der Waals surface area (Å²) in [6, 6.07) is 0.511. The van der Waals surface area contributed by atoms with Crippen molar-refractivity contribution in [2.24, 2.45) is 11.7 Å². The summed E-state index contributed by atoms with van der Waals surface area (Å²) in [5.41, 5.74) is 5.44. The van der Waals surface area contributed by atoms with Crippen LogP contribution in [0, 0.1) is 5.92 Å². The summed E-state index contributed by atoms with van der Waals surface area (Å²) in [6.07, 6.45) is 3.99. The lowest BCUT2D eigenvalue weighted by atomic mass is 9.82. The van der Waals surface area contributed by atoms with Gasteiger partial charge in [-0.05, 0) is 59.3 Å². The number of amides is 1. The van der Waals surface area contributed by atoms with E-state index in [0.717, 1.165) is 25.7 Å². The number of nitrogens with two attached hydrogens (primary N) is 1. The van der Waals surface area contributed by atoms with E-state index in [4.69, 9.17) is 10.5 Å². The average molecular weight is 242 g/mol. The smallest absolute Gasteiger partial charge is 0.407 e. The second-order valence-corrected chi connectivity index (χ2v) is 6.11. The third kappa shape index (κ3) is 5.39. The molecule has 0 heterocycles. The highest BCUT2D eigenvalue weighted by molar-refractivity contribution is 5.68. The van der Waals surface area contributed by atoms with Gasteiger partial charge in [-0.3, -0.25) is 0 Å². The quantitative estimate of drug-likeness (QED) is 0.781. The summed E-state index contributed by atoms with van der Waals surface area (Å²) >= 11 is 0. The highest BCUT2D eigenvalue weighted by Crippen LogP contribution is 2.26. The van der Waals surface area contributed by atoms with Gasteiger partial charge in [-0.1, -0.05) is 0 Å². The second-order valence-electron chi connectivity index (χ2n) is 6.11. The Labute approximate surface area is 104 Å². The summed E-state index contributed by atoms with van der Waals surface area (Å²) in [5.74, 6) is 0.530. The SMILES string of the molecule is CC(NC(=O)OC(C)(C)C)C1CCC(N)CC1. The third-order valence-corrected chi connectivity index (χ3v) is 3.27. The monoisotopic (exact) mass is 242 g/mol. The molecule has 1 atom stereocenters. The fourth-order valence-corrected chi connectivity index (χ4v) is 2.26. The molecule has 0 aromatic heterocycles. The number of hydrogen-bond donors (Lipinski definition) is 2. The highest BCUT2D eigenvalue weighted by atomic mass is 16.6. The molecular formula is C13H26N2O2. The molecule has 4 nitrogen and oxygen atoms in total. The first kappa shape index (κ1) is 14.3. The Morgan fingerprint density at radius 3 is 2.29 bits per heavy atom. The molecule has 0 bridgehead atoms. The van der Waals surface area contributed by atoms with E-state index in [1.165, 1.54) is 0 Å². The van der Waals surface area contributed by atoms with Crippen LogP contribution >= 0.6 is 0 Å². The van der Waals surface area contributed by atoms with Crippen molar-refractivity contribution in [1.29, 1.82) is 0 Å². The molecule has 1 aliphatic carbocycles. The predicted octanol–water partition coefficient (Wildman–Crippen LogP) is 2.42. The van der Waals surface area contributed by atoms with Gasteiger partial charge in [-0.15, -0.1) is 0 Å². The Morgan fingerprint density at radius 1 is 1.29 bits per heavy atom. The topological polar surface area (TPSA) is 64.3 Å². The van der Waals surface area contributed by atoms with E-state index in [-0.39, 0.29) is 12.1 Å². The van der Waals surface area contributed by atoms with Gasteiger partial charge in [-0.2, -0.15) is 0 Å². The first-order valence-corrected chi connectivity index (χ1v) is 6.53. The molecule has 0 aromatic carbocycles. The van der Waals surface area contributed by atoms with Gasteiger partial charge in [0.1, 0.15) is 5.60 Å². The van der Waals surface area contributed by atoms with Crippen LogP contribution in [0.1, 0.15) is 53.4 Å². The van der Waals surface area contributed by atoms with Crippen molar-refractivity contribution in [1.82, 2.24) is 5.32 Å². The van der Waals surface area contributed by atoms with E-state index < -0.39 is 5.60 Å². The standard InChI is InChI=1S/C13H26N2O2/c1-9(10-5-7-11(14)8-6-10)15-12(16)17-13(2,3)4/h9-11H,5-8,14H2,1-4H3,(H,15,16). The Balaban J connectivity index is 2.33. The molecule has 0 aromatic rings. The molecule has 0 saturated heterocycles. The summed E-state index contributed by atoms with van der Waals surface area (Å²) in [6.45, 7) is 7.66. The second kappa shape index (κ2) is 5.71. The lowest BCUT2D eigenvalue weighted by molar-refractivity contribution is 0.0483. The van der Waals surface area contributed by atoms with Crippen molar-refractivity contribution in [3.05, 3.63) is 0 Å². The minimum Gasteiger partial charge on any atom is -0.444 e. The van der Waals surface area contributed by atoms with Crippen LogP contribution in [0.3, 0.4) is 0 Å². The number of rotatable bonds is 2. The van der Waals surface area contributed by atoms with Crippen LogP contribution in [0.25, 0.3) is 0 Å². The minimum absolute atomic E-state index is 0.164. The number of carbonyl (C=O) groups is 1. The number of hydrogen-bond acceptors (Lipinski definition) is 3. The number of carbonyl (C=O) groups excluding carboxylic acids is 1. The lowest BCUT2D eigenvalue weighted by Gasteiger charge is -2.31. The average Bonchev–Trinajstić information content (AvgIpc) is 2.15. The molecule has 1 aliphatic rings. The third-order valence-electron chi connectivity index (χ3n) is 3.27. The largest absolute Gasteiger partial charge is 0.444 e. The molecule has 0 spiro atoms. The highest BCUT2D eigenvalue weighted by Gasteiger charge is 2.26. The molecule has 1 unspecified atom stereocenters. The molecule has 3 N–H and O–H groups in total. The van der Waals surface area contributed by atoms with Crippen molar-refractivity contribution < 1.29 is 9.53 Å². The molecule has 1 rings (SSSR count). The zero-order valence-corrected chi connectivity index (χ0v) is 11.5. The van der Waals surface area contributed by atoms with Gasteiger partial charge in [0.15, 0.2) is 0 Å². The van der Waals surface area contributed by atoms with Gasteiger partial charge in [0.2, 0.25) is 0 Å². The molecular weight excluding hydrogens is 216 g/mol. The van der Waals surface area contributed by atoms with Gasteiger partial charge in [0, 0.05) is 12.1 Å². The van der Waals surface area contributed by atoms with Crippen molar-refractivity contribution in [2.75, 3.05) is 0 Å². The van der Waals surface area contributed by atoms with Crippen molar-refractivity contribution in [3.63, 3.8) is 0 Å². The van der Waals surface area contributed by atoms with Crippen molar-refractivity contribution in [2.45, 2.75) is 71.1 Å². The molecule has 4 heteroatoms. The van der Waals surface area contributed by atoms with Crippen molar-refractivity contribution in [3.8, 4) is 0 Å². The van der Waals surface area contributed by atoms with Crippen LogP contribution in [0.2, 0.25) is 0 Å². The molecule has 17 heavy (non-hydrogen) atoms. The summed E-state index contributed by atoms with van der Waals surface area (Å²) in [7, 11) is 0. The Kier molecular flexibility index (Phi) is 4.80. The van der Waals surface area contributed by atoms with Crippen LogP contribution in [-0.4, -0.2) is 23.8 Å². The van der Waals surface area contributed by atoms with E-state index in [2.05, 4.69) is 5.32 Å². The van der Waals surface area contributed by atoms with E-state index in [0.29, 0.717) is 12.0 Å². The molecule has 100 valence electrons. The maximum atomic E-state index is 11.6. The van der Waals surface area contributed by atoms with E-state index >= 15 is 0 Å². The van der Waals surface area contributed by atoms with Gasteiger partial charge < -0.3 is 15.8 Å². The summed E-state index contributed by atoms with van der Waals surface area (Å²) < 4.78 is 5.25. The molecule has 0 aliphatic heterocycles. The maximum absolute atomic E-state index is 11.6. The van der Waals surface area contributed by atoms with Crippen LogP contribution in [0.15, 0.2) is 0 Å². The zero-order chi connectivity index (χ0) is 13.1. The predicted molar refractivity (Wildman–Crippen MR) is 68.8 cm³/mol. The van der Waals surface area contributed by atoms with Crippen LogP contribution in [0.4, 0.5) is 4.79 Å². The Morgan fingerprint density at radius 2 is 1.82 bits per heavy atom. The summed E-state index contributed by atoms with van der Waals surface area (Å²) in [4.78, 5) is 11.6. The Bertz CT molecular complexity index is 253. The number of ether oxygens (including phenoxy) is 1. The van der Waals surface area contributed by atoms with Crippen LogP contribution in [-0.2, 0) is 4.74 Å². The minimum atomic E-state index is -0.432. The van der Waals surface area contributed by atoms with Crippen molar-refractivity contribution >= 4 is 6.09 Å². The molecule has 1 fully saturated rings. The van der Waals surface area contributed by atoms with Crippen LogP contribution < -0.4 is 11.1 Å². The Hall–Kier alpha value is -0.770. The fourth-order valence-electron chi connectivity index (χ4n) is 2.26.